The second-order valence-corrected chi connectivity index (χ2v) is 4.20. The molecule has 0 aliphatic carbocycles. The second kappa shape index (κ2) is 8.05. The number of likely N-dealkylation sites (tertiary alicyclic amines) is 1. The Morgan fingerprint density at radius 3 is 2.93 bits per heavy atom. The average Bonchev–Trinajstić information content (AvgIpc) is 2.26. The SMILES string of the molecule is COCCNCC1CCCN(COC)C1. The number of methoxy groups -OCH3 is 2. The first kappa shape index (κ1) is 12.9. The molecule has 1 rings (SSSR count). The molecule has 0 amide bonds. The summed E-state index contributed by atoms with van der Waals surface area (Å²) in [7, 11) is 3.50. The van der Waals surface area contributed by atoms with Crippen LogP contribution >= 0.6 is 0 Å². The van der Waals surface area contributed by atoms with Gasteiger partial charge in [-0.15, -0.1) is 0 Å². The van der Waals surface area contributed by atoms with Gasteiger partial charge in [-0.3, -0.25) is 4.90 Å². The zero-order chi connectivity index (χ0) is 10.9. The van der Waals surface area contributed by atoms with Crippen LogP contribution < -0.4 is 5.32 Å². The quantitative estimate of drug-likeness (QED) is 0.630. The van der Waals surface area contributed by atoms with Crippen LogP contribution in [0.3, 0.4) is 0 Å². The molecule has 90 valence electrons. The van der Waals surface area contributed by atoms with Crippen molar-refractivity contribution in [3.63, 3.8) is 0 Å². The summed E-state index contributed by atoms with van der Waals surface area (Å²) in [5, 5.41) is 3.43. The van der Waals surface area contributed by atoms with E-state index in [1.807, 2.05) is 0 Å². The predicted molar refractivity (Wildman–Crippen MR) is 60.9 cm³/mol. The van der Waals surface area contributed by atoms with E-state index in [4.69, 9.17) is 9.47 Å². The van der Waals surface area contributed by atoms with E-state index in [0.717, 1.165) is 38.9 Å². The van der Waals surface area contributed by atoms with E-state index in [9.17, 15) is 0 Å². The molecule has 1 unspecified atom stereocenters. The minimum atomic E-state index is 0.769. The lowest BCUT2D eigenvalue weighted by Gasteiger charge is -2.32. The van der Waals surface area contributed by atoms with Crippen LogP contribution in [0.5, 0.6) is 0 Å². The number of nitrogens with zero attached hydrogens (tertiary/aromatic N) is 1. The molecular formula is C11H24N2O2. The normalized spacial score (nSPS) is 23.2. The average molecular weight is 216 g/mol. The molecule has 4 heteroatoms. The van der Waals surface area contributed by atoms with Crippen LogP contribution in [0.25, 0.3) is 0 Å². The number of rotatable bonds is 7. The van der Waals surface area contributed by atoms with Crippen molar-refractivity contribution in [1.29, 1.82) is 0 Å². The van der Waals surface area contributed by atoms with Crippen LogP contribution in [0.4, 0.5) is 0 Å². The van der Waals surface area contributed by atoms with Gasteiger partial charge in [0.2, 0.25) is 0 Å². The number of hydrogen-bond donors (Lipinski definition) is 1. The van der Waals surface area contributed by atoms with E-state index in [0.29, 0.717) is 0 Å². The third kappa shape index (κ3) is 5.47. The van der Waals surface area contributed by atoms with Gasteiger partial charge in [-0.25, -0.2) is 0 Å². The molecule has 0 aromatic heterocycles. The van der Waals surface area contributed by atoms with Crippen molar-refractivity contribution in [3.8, 4) is 0 Å². The third-order valence-electron chi connectivity index (χ3n) is 2.83. The maximum absolute atomic E-state index is 5.16. The fraction of sp³-hybridized carbons (Fsp3) is 1.00. The Balaban J connectivity index is 2.07. The standard InChI is InChI=1S/C11H24N2O2/c1-14-7-5-12-8-11-4-3-6-13(9-11)10-15-2/h11-12H,3-10H2,1-2H3. The van der Waals surface area contributed by atoms with Crippen LogP contribution in [0.2, 0.25) is 0 Å². The second-order valence-electron chi connectivity index (χ2n) is 4.20. The van der Waals surface area contributed by atoms with Crippen molar-refractivity contribution >= 4 is 0 Å². The van der Waals surface area contributed by atoms with Crippen LogP contribution in [0, 0.1) is 5.92 Å². The van der Waals surface area contributed by atoms with Gasteiger partial charge >= 0.3 is 0 Å². The zero-order valence-corrected chi connectivity index (χ0v) is 10.00. The summed E-state index contributed by atoms with van der Waals surface area (Å²) in [6.45, 7) is 5.97. The largest absolute Gasteiger partial charge is 0.383 e. The highest BCUT2D eigenvalue weighted by atomic mass is 16.5. The van der Waals surface area contributed by atoms with Gasteiger partial charge in [0.1, 0.15) is 0 Å². The molecule has 1 aliphatic heterocycles. The van der Waals surface area contributed by atoms with Gasteiger partial charge in [-0.1, -0.05) is 0 Å². The molecule has 0 aromatic carbocycles. The molecule has 1 saturated heterocycles. The third-order valence-corrected chi connectivity index (χ3v) is 2.83. The maximum Gasteiger partial charge on any atom is 0.0986 e. The molecule has 0 radical (unpaired) electrons. The molecule has 0 saturated carbocycles. The first-order valence-corrected chi connectivity index (χ1v) is 5.77. The van der Waals surface area contributed by atoms with E-state index < -0.39 is 0 Å². The molecule has 0 bridgehead atoms. The number of piperidine rings is 1. The van der Waals surface area contributed by atoms with Crippen LogP contribution in [-0.4, -0.2) is 58.6 Å². The van der Waals surface area contributed by atoms with Gasteiger partial charge in [-0.05, 0) is 25.3 Å². The molecule has 0 spiro atoms. The zero-order valence-electron chi connectivity index (χ0n) is 10.00. The Morgan fingerprint density at radius 2 is 2.20 bits per heavy atom. The van der Waals surface area contributed by atoms with Crippen molar-refractivity contribution in [2.75, 3.05) is 53.7 Å². The summed E-state index contributed by atoms with van der Waals surface area (Å²) in [5.41, 5.74) is 0. The van der Waals surface area contributed by atoms with Crippen LogP contribution in [-0.2, 0) is 9.47 Å². The van der Waals surface area contributed by atoms with Crippen molar-refractivity contribution in [3.05, 3.63) is 0 Å². The van der Waals surface area contributed by atoms with Crippen molar-refractivity contribution in [2.24, 2.45) is 5.92 Å². The summed E-state index contributed by atoms with van der Waals surface area (Å²) in [4.78, 5) is 2.38. The first-order chi connectivity index (χ1) is 7.36. The molecule has 1 heterocycles. The molecule has 1 atom stereocenters. The Bertz CT molecular complexity index is 154. The lowest BCUT2D eigenvalue weighted by Crippen LogP contribution is -2.40. The van der Waals surface area contributed by atoms with E-state index in [-0.39, 0.29) is 0 Å². The molecule has 1 fully saturated rings. The predicted octanol–water partition coefficient (Wildman–Crippen LogP) is 0.538. The number of hydrogen-bond acceptors (Lipinski definition) is 4. The minimum absolute atomic E-state index is 0.769. The molecule has 4 nitrogen and oxygen atoms in total. The van der Waals surface area contributed by atoms with Gasteiger partial charge in [0.15, 0.2) is 0 Å². The Kier molecular flexibility index (Phi) is 6.92. The van der Waals surface area contributed by atoms with E-state index in [2.05, 4.69) is 10.2 Å². The highest BCUT2D eigenvalue weighted by molar-refractivity contribution is 4.73. The highest BCUT2D eigenvalue weighted by Crippen LogP contribution is 2.15. The molecule has 1 aliphatic rings. The smallest absolute Gasteiger partial charge is 0.0986 e. The van der Waals surface area contributed by atoms with Crippen molar-refractivity contribution in [1.82, 2.24) is 10.2 Å². The minimum Gasteiger partial charge on any atom is -0.383 e. The van der Waals surface area contributed by atoms with Crippen LogP contribution in [0.1, 0.15) is 12.8 Å². The summed E-state index contributed by atoms with van der Waals surface area (Å²) in [6, 6.07) is 0. The fourth-order valence-electron chi connectivity index (χ4n) is 2.10. The highest BCUT2D eigenvalue weighted by Gasteiger charge is 2.18. The van der Waals surface area contributed by atoms with Crippen molar-refractivity contribution < 1.29 is 9.47 Å². The first-order valence-electron chi connectivity index (χ1n) is 5.77. The topological polar surface area (TPSA) is 33.7 Å². The van der Waals surface area contributed by atoms with E-state index in [1.54, 1.807) is 14.2 Å². The van der Waals surface area contributed by atoms with Crippen molar-refractivity contribution in [2.45, 2.75) is 12.8 Å². The summed E-state index contributed by atoms with van der Waals surface area (Å²) in [5.74, 6) is 0.769. The van der Waals surface area contributed by atoms with E-state index >= 15 is 0 Å². The number of nitrogens with one attached hydrogen (secondary N) is 1. The van der Waals surface area contributed by atoms with Gasteiger partial charge < -0.3 is 14.8 Å². The summed E-state index contributed by atoms with van der Waals surface area (Å²) >= 11 is 0. The number of ether oxygens (including phenoxy) is 2. The van der Waals surface area contributed by atoms with E-state index in [1.165, 1.54) is 19.4 Å². The molecular weight excluding hydrogens is 192 g/mol. The van der Waals surface area contributed by atoms with Gasteiger partial charge in [0.05, 0.1) is 13.3 Å². The maximum atomic E-state index is 5.16. The Morgan fingerprint density at radius 1 is 1.33 bits per heavy atom. The Hall–Kier alpha value is -0.160. The molecule has 15 heavy (non-hydrogen) atoms. The molecule has 1 N–H and O–H groups in total. The lowest BCUT2D eigenvalue weighted by molar-refractivity contribution is 0.0340. The Labute approximate surface area is 92.9 Å². The lowest BCUT2D eigenvalue weighted by atomic mass is 9.98. The van der Waals surface area contributed by atoms with Gasteiger partial charge in [0.25, 0.3) is 0 Å². The van der Waals surface area contributed by atoms with Gasteiger partial charge in [-0.2, -0.15) is 0 Å². The summed E-state index contributed by atoms with van der Waals surface area (Å²) in [6.07, 6.45) is 2.63. The molecule has 0 aromatic rings. The van der Waals surface area contributed by atoms with Crippen LogP contribution in [0.15, 0.2) is 0 Å². The summed E-state index contributed by atoms with van der Waals surface area (Å²) < 4.78 is 10.2. The monoisotopic (exact) mass is 216 g/mol. The van der Waals surface area contributed by atoms with Gasteiger partial charge in [0, 0.05) is 33.9 Å². The fourth-order valence-corrected chi connectivity index (χ4v) is 2.10.